The Morgan fingerprint density at radius 3 is 2.05 bits per heavy atom. The van der Waals surface area contributed by atoms with Crippen molar-refractivity contribution in [1.82, 2.24) is 16.0 Å². The maximum atomic E-state index is 12.9. The summed E-state index contributed by atoms with van der Waals surface area (Å²) in [5.41, 5.74) is 22.3. The molecule has 0 radical (unpaired) electrons. The minimum Gasteiger partial charge on any atom is -0.508 e. The third kappa shape index (κ3) is 12.0. The first-order valence-corrected chi connectivity index (χ1v) is 11.8. The van der Waals surface area contributed by atoms with Gasteiger partial charge in [0.15, 0.2) is 5.96 Å². The second-order valence-electron chi connectivity index (χ2n) is 8.62. The van der Waals surface area contributed by atoms with Crippen molar-refractivity contribution in [2.24, 2.45) is 27.9 Å². The van der Waals surface area contributed by atoms with Crippen LogP contribution in [0.25, 0.3) is 0 Å². The zero-order chi connectivity index (χ0) is 28.8. The summed E-state index contributed by atoms with van der Waals surface area (Å²) in [6.07, 6.45) is 0.0597. The number of hydrogen-bond donors (Lipinski definition) is 9. The van der Waals surface area contributed by atoms with Crippen LogP contribution in [0.1, 0.15) is 38.2 Å². The fourth-order valence-corrected chi connectivity index (χ4v) is 3.25. The molecule has 38 heavy (non-hydrogen) atoms. The Labute approximate surface area is 219 Å². The van der Waals surface area contributed by atoms with Crippen LogP contribution in [0.15, 0.2) is 29.3 Å². The first-order chi connectivity index (χ1) is 17.8. The molecule has 4 amide bonds. The number of carbonyl (C=O) groups excluding carboxylic acids is 4. The van der Waals surface area contributed by atoms with Crippen molar-refractivity contribution in [3.05, 3.63) is 29.8 Å². The molecule has 0 saturated heterocycles. The van der Waals surface area contributed by atoms with Gasteiger partial charge in [0.25, 0.3) is 0 Å². The number of primary amides is 1. The topological polar surface area (TPSA) is 278 Å². The fraction of sp³-hybridized carbons (Fsp3) is 0.478. The van der Waals surface area contributed by atoms with Crippen molar-refractivity contribution < 1.29 is 34.2 Å². The number of aliphatic carboxylic acids is 1. The van der Waals surface area contributed by atoms with Crippen LogP contribution >= 0.6 is 0 Å². The van der Waals surface area contributed by atoms with E-state index >= 15 is 0 Å². The smallest absolute Gasteiger partial charge is 0.326 e. The average Bonchev–Trinajstić information content (AvgIpc) is 2.83. The molecule has 1 rings (SSSR count). The van der Waals surface area contributed by atoms with Crippen molar-refractivity contribution in [3.63, 3.8) is 0 Å². The van der Waals surface area contributed by atoms with Gasteiger partial charge in [0.1, 0.15) is 23.9 Å². The van der Waals surface area contributed by atoms with E-state index in [9.17, 15) is 34.2 Å². The highest BCUT2D eigenvalue weighted by Crippen LogP contribution is 2.11. The Bertz CT molecular complexity index is 1010. The summed E-state index contributed by atoms with van der Waals surface area (Å²) >= 11 is 0. The number of rotatable bonds is 16. The summed E-state index contributed by atoms with van der Waals surface area (Å²) in [6.45, 7) is 1.51. The van der Waals surface area contributed by atoms with Crippen LogP contribution in [-0.2, 0) is 30.4 Å². The molecule has 210 valence electrons. The van der Waals surface area contributed by atoms with Crippen LogP contribution in [0.3, 0.4) is 0 Å². The lowest BCUT2D eigenvalue weighted by Crippen LogP contribution is -2.56. The van der Waals surface area contributed by atoms with E-state index in [1.165, 1.54) is 19.1 Å². The summed E-state index contributed by atoms with van der Waals surface area (Å²) in [5, 5.41) is 25.9. The van der Waals surface area contributed by atoms with E-state index < -0.39 is 53.8 Å². The van der Waals surface area contributed by atoms with Crippen LogP contribution < -0.4 is 38.9 Å². The summed E-state index contributed by atoms with van der Waals surface area (Å²) in [6, 6.07) is 1.43. The van der Waals surface area contributed by atoms with Crippen LogP contribution in [0.5, 0.6) is 5.75 Å². The number of nitrogens with two attached hydrogens (primary N) is 4. The van der Waals surface area contributed by atoms with Gasteiger partial charge in [-0.05, 0) is 50.3 Å². The summed E-state index contributed by atoms with van der Waals surface area (Å²) in [7, 11) is 0. The number of phenolic OH excluding ortho intramolecular Hbond substituents is 1. The number of guanidine groups is 1. The molecule has 4 atom stereocenters. The number of hydrogen-bond acceptors (Lipinski definition) is 8. The van der Waals surface area contributed by atoms with Crippen molar-refractivity contribution in [3.8, 4) is 5.75 Å². The second-order valence-corrected chi connectivity index (χ2v) is 8.62. The maximum absolute atomic E-state index is 12.9. The average molecular weight is 537 g/mol. The molecule has 15 nitrogen and oxygen atoms in total. The first-order valence-electron chi connectivity index (χ1n) is 11.8. The quantitative estimate of drug-likeness (QED) is 0.0591. The fourth-order valence-electron chi connectivity index (χ4n) is 3.25. The van der Waals surface area contributed by atoms with Crippen molar-refractivity contribution in [2.45, 2.75) is 63.2 Å². The number of amides is 4. The Hall–Kier alpha value is -4.40. The molecule has 0 saturated carbocycles. The molecule has 0 bridgehead atoms. The standard InChI is InChI=1S/C23H36N8O7/c1-12(19(34)31-17(22(37)38)8-9-18(25)33)29-21(36)16(3-2-10-28-23(26)27)30-20(35)15(24)11-13-4-6-14(32)7-5-13/h4-7,12,15-17,32H,2-3,8-11,24H2,1H3,(H2,25,33)(H,29,36)(H,30,35)(H,31,34)(H,37,38)(H4,26,27,28). The number of phenols is 1. The Morgan fingerprint density at radius 2 is 1.50 bits per heavy atom. The largest absolute Gasteiger partial charge is 0.508 e. The Balaban J connectivity index is 2.85. The van der Waals surface area contributed by atoms with E-state index in [0.29, 0.717) is 12.0 Å². The van der Waals surface area contributed by atoms with Gasteiger partial charge in [0.05, 0.1) is 6.04 Å². The number of carbonyl (C=O) groups is 5. The van der Waals surface area contributed by atoms with Crippen molar-refractivity contribution in [1.29, 1.82) is 0 Å². The van der Waals surface area contributed by atoms with Crippen LogP contribution in [-0.4, -0.2) is 76.5 Å². The van der Waals surface area contributed by atoms with Crippen molar-refractivity contribution in [2.75, 3.05) is 6.54 Å². The number of carboxylic acids is 1. The molecule has 1 aromatic carbocycles. The highest BCUT2D eigenvalue weighted by Gasteiger charge is 2.28. The number of nitrogens with one attached hydrogen (secondary N) is 3. The number of benzene rings is 1. The van der Waals surface area contributed by atoms with Gasteiger partial charge in [-0.3, -0.25) is 24.2 Å². The summed E-state index contributed by atoms with van der Waals surface area (Å²) < 4.78 is 0. The molecule has 4 unspecified atom stereocenters. The molecular weight excluding hydrogens is 500 g/mol. The molecule has 0 spiro atoms. The number of nitrogens with zero attached hydrogens (tertiary/aromatic N) is 1. The summed E-state index contributed by atoms with van der Waals surface area (Å²) in [4.78, 5) is 64.3. The lowest BCUT2D eigenvalue weighted by molar-refractivity contribution is -0.142. The molecule has 0 fully saturated rings. The Kier molecular flexibility index (Phi) is 13.0. The molecular formula is C23H36N8O7. The molecule has 0 aliphatic carbocycles. The molecule has 0 aromatic heterocycles. The third-order valence-electron chi connectivity index (χ3n) is 5.35. The van der Waals surface area contributed by atoms with E-state index in [2.05, 4.69) is 20.9 Å². The van der Waals surface area contributed by atoms with Gasteiger partial charge in [0.2, 0.25) is 23.6 Å². The normalized spacial score (nSPS) is 13.7. The number of aliphatic imine (C=N–C) groups is 1. The highest BCUT2D eigenvalue weighted by atomic mass is 16.4. The molecule has 0 aliphatic heterocycles. The van der Waals surface area contributed by atoms with Crippen LogP contribution in [0.4, 0.5) is 0 Å². The third-order valence-corrected chi connectivity index (χ3v) is 5.35. The molecule has 0 heterocycles. The van der Waals surface area contributed by atoms with Gasteiger partial charge >= 0.3 is 5.97 Å². The van der Waals surface area contributed by atoms with Gasteiger partial charge in [0, 0.05) is 13.0 Å². The predicted octanol–water partition coefficient (Wildman–Crippen LogP) is -2.86. The van der Waals surface area contributed by atoms with Gasteiger partial charge in [-0.1, -0.05) is 12.1 Å². The van der Waals surface area contributed by atoms with Gasteiger partial charge in [-0.15, -0.1) is 0 Å². The number of aromatic hydroxyl groups is 1. The van der Waals surface area contributed by atoms with Crippen LogP contribution in [0.2, 0.25) is 0 Å². The van der Waals surface area contributed by atoms with E-state index in [1.807, 2.05) is 0 Å². The SMILES string of the molecule is CC(NC(=O)C(CCCN=C(N)N)NC(=O)C(N)Cc1ccc(O)cc1)C(=O)NC(CCC(N)=O)C(=O)O. The van der Waals surface area contributed by atoms with Crippen molar-refractivity contribution >= 4 is 35.6 Å². The Morgan fingerprint density at radius 1 is 0.895 bits per heavy atom. The van der Waals surface area contributed by atoms with E-state index in [1.54, 1.807) is 12.1 Å². The predicted molar refractivity (Wildman–Crippen MR) is 137 cm³/mol. The molecule has 13 N–H and O–H groups in total. The monoisotopic (exact) mass is 536 g/mol. The van der Waals surface area contributed by atoms with E-state index in [4.69, 9.17) is 22.9 Å². The highest BCUT2D eigenvalue weighted by molar-refractivity contribution is 5.94. The zero-order valence-corrected chi connectivity index (χ0v) is 21.1. The lowest BCUT2D eigenvalue weighted by Gasteiger charge is -2.23. The zero-order valence-electron chi connectivity index (χ0n) is 21.1. The van der Waals surface area contributed by atoms with Crippen LogP contribution in [0, 0.1) is 0 Å². The summed E-state index contributed by atoms with van der Waals surface area (Å²) in [5.74, 6) is -4.34. The van der Waals surface area contributed by atoms with Gasteiger partial charge in [-0.25, -0.2) is 4.79 Å². The second kappa shape index (κ2) is 15.7. The maximum Gasteiger partial charge on any atom is 0.326 e. The van der Waals surface area contributed by atoms with E-state index in [0.717, 1.165) is 0 Å². The van der Waals surface area contributed by atoms with E-state index in [-0.39, 0.29) is 43.9 Å². The van der Waals surface area contributed by atoms with Gasteiger partial charge < -0.3 is 49.1 Å². The molecule has 15 heteroatoms. The molecule has 1 aromatic rings. The first kappa shape index (κ1) is 31.6. The minimum atomic E-state index is -1.39. The van der Waals surface area contributed by atoms with Gasteiger partial charge in [-0.2, -0.15) is 0 Å². The minimum absolute atomic E-state index is 0.0602. The number of carboxylic acid groups (broad SMARTS) is 1. The molecule has 0 aliphatic rings. The lowest BCUT2D eigenvalue weighted by atomic mass is 10.0.